The van der Waals surface area contributed by atoms with Crippen LogP contribution in [0.3, 0.4) is 0 Å². The lowest BCUT2D eigenvalue weighted by Gasteiger charge is -2.11. The first-order valence-electron chi connectivity index (χ1n) is 4.01. The molecule has 12 heavy (non-hydrogen) atoms. The fourth-order valence-corrected chi connectivity index (χ4v) is 1.38. The van der Waals surface area contributed by atoms with E-state index in [0.717, 1.165) is 11.1 Å². The van der Waals surface area contributed by atoms with E-state index in [1.165, 1.54) is 0 Å². The Kier molecular flexibility index (Phi) is 4.91. The van der Waals surface area contributed by atoms with E-state index in [-0.39, 0.29) is 11.7 Å². The van der Waals surface area contributed by atoms with Crippen molar-refractivity contribution in [2.75, 3.05) is 0 Å². The van der Waals surface area contributed by atoms with Crippen molar-refractivity contribution in [2.24, 2.45) is 5.92 Å². The summed E-state index contributed by atoms with van der Waals surface area (Å²) in [5, 5.41) is -0.347. The predicted octanol–water partition coefficient (Wildman–Crippen LogP) is 3.30. The van der Waals surface area contributed by atoms with Crippen molar-refractivity contribution in [1.82, 2.24) is 0 Å². The zero-order valence-corrected chi connectivity index (χ0v) is 8.61. The van der Waals surface area contributed by atoms with Gasteiger partial charge in [0.25, 0.3) is 0 Å². The second-order valence-corrected chi connectivity index (χ2v) is 3.46. The summed E-state index contributed by atoms with van der Waals surface area (Å²) in [7, 11) is 0. The van der Waals surface area contributed by atoms with E-state index in [9.17, 15) is 4.79 Å². The summed E-state index contributed by atoms with van der Waals surface area (Å²) in [4.78, 5) is 10.6. The molecule has 0 atom stereocenters. The molecule has 0 bridgehead atoms. The van der Waals surface area contributed by atoms with Gasteiger partial charge in [0.2, 0.25) is 5.24 Å². The summed E-state index contributed by atoms with van der Waals surface area (Å²) in [6.07, 6.45) is 2.23. The van der Waals surface area contributed by atoms with Crippen LogP contribution in [-0.4, -0.2) is 5.24 Å². The second-order valence-electron chi connectivity index (χ2n) is 3.03. The fourth-order valence-electron chi connectivity index (χ4n) is 1.22. The van der Waals surface area contributed by atoms with Gasteiger partial charge in [0.15, 0.2) is 0 Å². The number of carbonyl (C=O) groups excluding carboxylic acids is 1. The van der Waals surface area contributed by atoms with Crippen LogP contribution in [0.4, 0.5) is 0 Å². The molecule has 0 aromatic carbocycles. The highest BCUT2D eigenvalue weighted by Crippen LogP contribution is 2.21. The highest BCUT2D eigenvalue weighted by Gasteiger charge is 2.08. The zero-order chi connectivity index (χ0) is 9.72. The summed E-state index contributed by atoms with van der Waals surface area (Å²) >= 11 is 5.25. The minimum Gasteiger partial charge on any atom is -0.281 e. The first kappa shape index (κ1) is 11.4. The molecule has 0 rings (SSSR count). The Morgan fingerprint density at radius 3 is 2.33 bits per heavy atom. The summed E-state index contributed by atoms with van der Waals surface area (Å²) in [6, 6.07) is 0. The lowest BCUT2D eigenvalue weighted by Crippen LogP contribution is -2.00. The van der Waals surface area contributed by atoms with E-state index in [1.54, 1.807) is 0 Å². The molecule has 0 fully saturated rings. The van der Waals surface area contributed by atoms with E-state index in [4.69, 9.17) is 11.6 Å². The topological polar surface area (TPSA) is 17.1 Å². The average Bonchev–Trinajstić information content (AvgIpc) is 1.85. The van der Waals surface area contributed by atoms with E-state index >= 15 is 0 Å². The third kappa shape index (κ3) is 3.72. The molecular formula is C10H15ClO. The van der Waals surface area contributed by atoms with Crippen LogP contribution < -0.4 is 0 Å². The predicted molar refractivity (Wildman–Crippen MR) is 53.2 cm³/mol. The third-order valence-electron chi connectivity index (χ3n) is 1.69. The van der Waals surface area contributed by atoms with Gasteiger partial charge in [-0.1, -0.05) is 26.5 Å². The Balaban J connectivity index is 4.35. The molecule has 0 aliphatic heterocycles. The summed E-state index contributed by atoms with van der Waals surface area (Å²) in [5.41, 5.74) is 1.94. The van der Waals surface area contributed by atoms with Gasteiger partial charge in [-0.2, -0.15) is 0 Å². The number of halogens is 1. The Labute approximate surface area is 79.1 Å². The van der Waals surface area contributed by atoms with E-state index in [1.807, 2.05) is 13.0 Å². The minimum absolute atomic E-state index is 0.249. The molecule has 0 saturated heterocycles. The van der Waals surface area contributed by atoms with Gasteiger partial charge in [-0.3, -0.25) is 4.79 Å². The molecule has 1 nitrogen and oxygen atoms in total. The fraction of sp³-hybridized carbons (Fsp3) is 0.500. The lowest BCUT2D eigenvalue weighted by molar-refractivity contribution is -0.111. The molecule has 0 radical (unpaired) electrons. The maximum absolute atomic E-state index is 10.6. The maximum Gasteiger partial charge on any atom is 0.226 e. The van der Waals surface area contributed by atoms with Crippen LogP contribution in [0.5, 0.6) is 0 Å². The molecule has 0 aliphatic rings. The van der Waals surface area contributed by atoms with Gasteiger partial charge in [0.1, 0.15) is 0 Å². The second kappa shape index (κ2) is 5.15. The molecule has 0 saturated carbocycles. The summed E-state index contributed by atoms with van der Waals surface area (Å²) in [6.45, 7) is 9.89. The molecule has 2 heteroatoms. The molecule has 68 valence electrons. The number of allylic oxidation sites excluding steroid dienone is 3. The number of hydrogen-bond donors (Lipinski definition) is 0. The van der Waals surface area contributed by atoms with Crippen molar-refractivity contribution in [3.8, 4) is 0 Å². The zero-order valence-electron chi connectivity index (χ0n) is 7.86. The molecule has 0 N–H and O–H groups in total. The number of carbonyl (C=O) groups is 1. The van der Waals surface area contributed by atoms with Gasteiger partial charge in [0, 0.05) is 6.42 Å². The van der Waals surface area contributed by atoms with Crippen LogP contribution in [0, 0.1) is 5.92 Å². The van der Waals surface area contributed by atoms with Gasteiger partial charge in [-0.05, 0) is 35.6 Å². The van der Waals surface area contributed by atoms with Gasteiger partial charge >= 0.3 is 0 Å². The van der Waals surface area contributed by atoms with Gasteiger partial charge in [-0.15, -0.1) is 0 Å². The van der Waals surface area contributed by atoms with Crippen molar-refractivity contribution in [3.63, 3.8) is 0 Å². The molecule has 0 unspecified atom stereocenters. The highest BCUT2D eigenvalue weighted by molar-refractivity contribution is 6.63. The smallest absolute Gasteiger partial charge is 0.226 e. The van der Waals surface area contributed by atoms with Crippen LogP contribution in [0.2, 0.25) is 0 Å². The number of rotatable bonds is 4. The maximum atomic E-state index is 10.6. The minimum atomic E-state index is -0.347. The van der Waals surface area contributed by atoms with Crippen molar-refractivity contribution in [1.29, 1.82) is 0 Å². The van der Waals surface area contributed by atoms with E-state index in [2.05, 4.69) is 20.4 Å². The van der Waals surface area contributed by atoms with Gasteiger partial charge in [-0.25, -0.2) is 0 Å². The Morgan fingerprint density at radius 2 is 2.08 bits per heavy atom. The summed E-state index contributed by atoms with van der Waals surface area (Å²) in [5.74, 6) is 0.401. The normalized spacial score (nSPS) is 11.9. The monoisotopic (exact) mass is 186 g/mol. The molecule has 0 amide bonds. The SMILES string of the molecule is C=C(CC(=O)Cl)/C(=C\C)C(C)C. The van der Waals surface area contributed by atoms with Gasteiger partial charge < -0.3 is 0 Å². The first-order valence-corrected chi connectivity index (χ1v) is 4.39. The highest BCUT2D eigenvalue weighted by atomic mass is 35.5. The average molecular weight is 187 g/mol. The third-order valence-corrected chi connectivity index (χ3v) is 1.83. The molecule has 0 aromatic rings. The molecule has 0 heterocycles. The molecular weight excluding hydrogens is 172 g/mol. The largest absolute Gasteiger partial charge is 0.281 e. The van der Waals surface area contributed by atoms with Crippen LogP contribution in [0.1, 0.15) is 27.2 Å². The molecule has 0 aromatic heterocycles. The van der Waals surface area contributed by atoms with Crippen LogP contribution >= 0.6 is 11.6 Å². The Morgan fingerprint density at radius 1 is 1.58 bits per heavy atom. The van der Waals surface area contributed by atoms with Crippen LogP contribution in [0.25, 0.3) is 0 Å². The first-order chi connectivity index (χ1) is 5.49. The Bertz CT molecular complexity index is 214. The standard InChI is InChI=1S/C10H15ClO/c1-5-9(7(2)3)8(4)6-10(11)12/h5,7H,4,6H2,1-3H3/b9-5-. The van der Waals surface area contributed by atoms with Crippen molar-refractivity contribution >= 4 is 16.8 Å². The molecule has 0 aliphatic carbocycles. The van der Waals surface area contributed by atoms with E-state index in [0.29, 0.717) is 5.92 Å². The Hall–Kier alpha value is -0.560. The lowest BCUT2D eigenvalue weighted by atomic mass is 9.94. The molecule has 0 spiro atoms. The van der Waals surface area contributed by atoms with Crippen molar-refractivity contribution in [3.05, 3.63) is 23.8 Å². The summed E-state index contributed by atoms with van der Waals surface area (Å²) < 4.78 is 0. The van der Waals surface area contributed by atoms with Crippen molar-refractivity contribution < 1.29 is 4.79 Å². The van der Waals surface area contributed by atoms with Crippen LogP contribution in [0.15, 0.2) is 23.8 Å². The van der Waals surface area contributed by atoms with Crippen LogP contribution in [-0.2, 0) is 4.79 Å². The quantitative estimate of drug-likeness (QED) is 0.487. The van der Waals surface area contributed by atoms with Crippen molar-refractivity contribution in [2.45, 2.75) is 27.2 Å². The van der Waals surface area contributed by atoms with Gasteiger partial charge in [0.05, 0.1) is 0 Å². The van der Waals surface area contributed by atoms with E-state index < -0.39 is 0 Å². The number of hydrogen-bond acceptors (Lipinski definition) is 1.